The van der Waals surface area contributed by atoms with Gasteiger partial charge in [0.2, 0.25) is 0 Å². The number of likely N-dealkylation sites (tertiary alicyclic amines) is 1. The average molecular weight is 305 g/mol. The zero-order valence-corrected chi connectivity index (χ0v) is 12.1. The van der Waals surface area contributed by atoms with Gasteiger partial charge in [-0.05, 0) is 42.7 Å². The molecule has 1 unspecified atom stereocenters. The molecule has 0 bridgehead atoms. The van der Waals surface area contributed by atoms with Crippen molar-refractivity contribution >= 4 is 17.5 Å². The standard InChI is InChI=1S/C16H14ClFN2O/c17-12-5-6-14(18)13(9-12)16(21)20-8-2-4-15(20)11-3-1-7-19-10-11/h1,3,5-7,9-10,15H,2,4,8H2. The van der Waals surface area contributed by atoms with E-state index in [9.17, 15) is 9.18 Å². The van der Waals surface area contributed by atoms with Crippen molar-refractivity contribution in [2.24, 2.45) is 0 Å². The largest absolute Gasteiger partial charge is 0.331 e. The van der Waals surface area contributed by atoms with Crippen LogP contribution in [0.4, 0.5) is 4.39 Å². The number of nitrogens with zero attached hydrogens (tertiary/aromatic N) is 2. The minimum Gasteiger partial charge on any atom is -0.331 e. The molecule has 3 rings (SSSR count). The molecule has 1 aromatic heterocycles. The van der Waals surface area contributed by atoms with Gasteiger partial charge in [-0.1, -0.05) is 17.7 Å². The molecule has 0 aliphatic carbocycles. The Hall–Kier alpha value is -1.94. The maximum Gasteiger partial charge on any atom is 0.257 e. The first-order valence-electron chi connectivity index (χ1n) is 6.83. The van der Waals surface area contributed by atoms with Crippen molar-refractivity contribution in [3.05, 3.63) is 64.7 Å². The van der Waals surface area contributed by atoms with Gasteiger partial charge in [0.25, 0.3) is 5.91 Å². The number of aromatic nitrogens is 1. The van der Waals surface area contributed by atoms with E-state index < -0.39 is 5.82 Å². The molecule has 1 atom stereocenters. The fourth-order valence-electron chi connectivity index (χ4n) is 2.75. The predicted octanol–water partition coefficient (Wildman–Crippen LogP) is 3.85. The van der Waals surface area contributed by atoms with E-state index in [4.69, 9.17) is 11.6 Å². The summed E-state index contributed by atoms with van der Waals surface area (Å²) in [7, 11) is 0. The van der Waals surface area contributed by atoms with Crippen molar-refractivity contribution in [1.82, 2.24) is 9.88 Å². The number of carbonyl (C=O) groups is 1. The van der Waals surface area contributed by atoms with Gasteiger partial charge in [0, 0.05) is 24.0 Å². The van der Waals surface area contributed by atoms with Crippen LogP contribution in [-0.2, 0) is 0 Å². The highest BCUT2D eigenvalue weighted by molar-refractivity contribution is 6.31. The molecule has 0 saturated carbocycles. The minimum atomic E-state index is -0.541. The van der Waals surface area contributed by atoms with Gasteiger partial charge >= 0.3 is 0 Å². The summed E-state index contributed by atoms with van der Waals surface area (Å²) < 4.78 is 13.9. The second-order valence-corrected chi connectivity index (χ2v) is 5.50. The highest BCUT2D eigenvalue weighted by Gasteiger charge is 2.31. The normalized spacial score (nSPS) is 18.0. The van der Waals surface area contributed by atoms with E-state index in [2.05, 4.69) is 4.98 Å². The molecular weight excluding hydrogens is 291 g/mol. The van der Waals surface area contributed by atoms with E-state index in [0.717, 1.165) is 18.4 Å². The summed E-state index contributed by atoms with van der Waals surface area (Å²) in [5.41, 5.74) is 1.00. The first-order chi connectivity index (χ1) is 10.2. The number of hydrogen-bond donors (Lipinski definition) is 0. The van der Waals surface area contributed by atoms with Crippen LogP contribution in [0.2, 0.25) is 5.02 Å². The monoisotopic (exact) mass is 304 g/mol. The molecule has 108 valence electrons. The first-order valence-corrected chi connectivity index (χ1v) is 7.20. The Morgan fingerprint density at radius 1 is 1.38 bits per heavy atom. The Kier molecular flexibility index (Phi) is 3.88. The summed E-state index contributed by atoms with van der Waals surface area (Å²) in [5.74, 6) is -0.859. The third kappa shape index (κ3) is 2.76. The predicted molar refractivity (Wildman–Crippen MR) is 78.7 cm³/mol. The molecule has 0 radical (unpaired) electrons. The van der Waals surface area contributed by atoms with Crippen LogP contribution < -0.4 is 0 Å². The molecule has 2 heterocycles. The number of hydrogen-bond acceptors (Lipinski definition) is 2. The Morgan fingerprint density at radius 2 is 2.24 bits per heavy atom. The van der Waals surface area contributed by atoms with Gasteiger partial charge in [0.1, 0.15) is 5.82 Å². The lowest BCUT2D eigenvalue weighted by molar-refractivity contribution is 0.0730. The molecule has 0 N–H and O–H groups in total. The molecule has 0 spiro atoms. The summed E-state index contributed by atoms with van der Waals surface area (Å²) in [6.45, 7) is 0.615. The Morgan fingerprint density at radius 3 is 3.00 bits per heavy atom. The summed E-state index contributed by atoms with van der Waals surface area (Å²) in [4.78, 5) is 18.4. The zero-order valence-electron chi connectivity index (χ0n) is 11.3. The van der Waals surface area contributed by atoms with Crippen molar-refractivity contribution < 1.29 is 9.18 Å². The molecule has 2 aromatic rings. The van der Waals surface area contributed by atoms with Crippen molar-refractivity contribution in [1.29, 1.82) is 0 Å². The van der Waals surface area contributed by atoms with Gasteiger partial charge in [-0.2, -0.15) is 0 Å². The van der Waals surface area contributed by atoms with Crippen molar-refractivity contribution in [3.63, 3.8) is 0 Å². The summed E-state index contributed by atoms with van der Waals surface area (Å²) in [5, 5.41) is 0.358. The first kappa shape index (κ1) is 14.0. The maximum atomic E-state index is 13.9. The van der Waals surface area contributed by atoms with Gasteiger partial charge in [-0.3, -0.25) is 9.78 Å². The minimum absolute atomic E-state index is 0.0262. The van der Waals surface area contributed by atoms with Crippen LogP contribution in [0.25, 0.3) is 0 Å². The molecular formula is C16H14ClFN2O. The van der Waals surface area contributed by atoms with Crippen molar-refractivity contribution in [2.45, 2.75) is 18.9 Å². The van der Waals surface area contributed by atoms with E-state index in [1.807, 2.05) is 12.1 Å². The van der Waals surface area contributed by atoms with Crippen LogP contribution in [0.15, 0.2) is 42.7 Å². The van der Waals surface area contributed by atoms with E-state index in [1.165, 1.54) is 18.2 Å². The van der Waals surface area contributed by atoms with Crippen molar-refractivity contribution in [2.75, 3.05) is 6.54 Å². The van der Waals surface area contributed by atoms with Gasteiger partial charge in [0.05, 0.1) is 11.6 Å². The summed E-state index contributed by atoms with van der Waals surface area (Å²) in [6.07, 6.45) is 5.21. The smallest absolute Gasteiger partial charge is 0.257 e. The van der Waals surface area contributed by atoms with Crippen molar-refractivity contribution in [3.8, 4) is 0 Å². The third-order valence-corrected chi connectivity index (χ3v) is 3.98. The lowest BCUT2D eigenvalue weighted by atomic mass is 10.1. The number of carbonyl (C=O) groups excluding carboxylic acids is 1. The number of pyridine rings is 1. The van der Waals surface area contributed by atoms with Crippen LogP contribution in [0.1, 0.15) is 34.8 Å². The molecule has 1 amide bonds. The lowest BCUT2D eigenvalue weighted by Crippen LogP contribution is -2.31. The molecule has 3 nitrogen and oxygen atoms in total. The second-order valence-electron chi connectivity index (χ2n) is 5.07. The van der Waals surface area contributed by atoms with Crippen LogP contribution in [0.5, 0.6) is 0 Å². The van der Waals surface area contributed by atoms with E-state index in [1.54, 1.807) is 17.3 Å². The van der Waals surface area contributed by atoms with E-state index >= 15 is 0 Å². The van der Waals surface area contributed by atoms with Gasteiger partial charge < -0.3 is 4.90 Å². The van der Waals surface area contributed by atoms with E-state index in [0.29, 0.717) is 11.6 Å². The number of rotatable bonds is 2. The van der Waals surface area contributed by atoms with Crippen LogP contribution >= 0.6 is 11.6 Å². The molecule has 1 aliphatic rings. The Bertz CT molecular complexity index is 663. The molecule has 21 heavy (non-hydrogen) atoms. The van der Waals surface area contributed by atoms with Gasteiger partial charge in [0.15, 0.2) is 0 Å². The average Bonchev–Trinajstić information content (AvgIpc) is 2.99. The molecule has 5 heteroatoms. The van der Waals surface area contributed by atoms with Crippen LogP contribution in [-0.4, -0.2) is 22.3 Å². The number of benzene rings is 1. The quantitative estimate of drug-likeness (QED) is 0.844. The fraction of sp³-hybridized carbons (Fsp3) is 0.250. The molecule has 1 saturated heterocycles. The summed E-state index contributed by atoms with van der Waals surface area (Å²) >= 11 is 5.87. The highest BCUT2D eigenvalue weighted by Crippen LogP contribution is 2.33. The Labute approximate surface area is 127 Å². The number of halogens is 2. The second kappa shape index (κ2) is 5.82. The molecule has 1 aromatic carbocycles. The van der Waals surface area contributed by atoms with Crippen LogP contribution in [0, 0.1) is 5.82 Å². The topological polar surface area (TPSA) is 33.2 Å². The van der Waals surface area contributed by atoms with E-state index in [-0.39, 0.29) is 17.5 Å². The SMILES string of the molecule is O=C(c1cc(Cl)ccc1F)N1CCCC1c1cccnc1. The third-order valence-electron chi connectivity index (χ3n) is 3.74. The molecule has 1 aliphatic heterocycles. The zero-order chi connectivity index (χ0) is 14.8. The Balaban J connectivity index is 1.92. The summed E-state index contributed by atoms with van der Waals surface area (Å²) in [6, 6.07) is 7.79. The lowest BCUT2D eigenvalue weighted by Gasteiger charge is -2.25. The van der Waals surface area contributed by atoms with Gasteiger partial charge in [-0.25, -0.2) is 4.39 Å². The fourth-order valence-corrected chi connectivity index (χ4v) is 2.92. The van der Waals surface area contributed by atoms with Crippen LogP contribution in [0.3, 0.4) is 0 Å². The maximum absolute atomic E-state index is 13.9. The highest BCUT2D eigenvalue weighted by atomic mass is 35.5. The number of amides is 1. The van der Waals surface area contributed by atoms with Gasteiger partial charge in [-0.15, -0.1) is 0 Å². The molecule has 1 fully saturated rings.